The van der Waals surface area contributed by atoms with Crippen LogP contribution in [0, 0.1) is 5.92 Å². The molecule has 2 atom stereocenters. The number of hydrogen-bond donors (Lipinski definition) is 1. The minimum absolute atomic E-state index is 0.108. The zero-order valence-electron chi connectivity index (χ0n) is 11.4. The molecule has 2 N–H and O–H groups in total. The Labute approximate surface area is 115 Å². The van der Waals surface area contributed by atoms with Crippen LogP contribution >= 0.6 is 12.2 Å². The molecule has 1 heterocycles. The number of likely N-dealkylation sites (tertiary alicyclic amines) is 1. The molecular formula is C13H24N2O2S. The summed E-state index contributed by atoms with van der Waals surface area (Å²) >= 11 is 5.07. The van der Waals surface area contributed by atoms with E-state index >= 15 is 0 Å². The van der Waals surface area contributed by atoms with Crippen molar-refractivity contribution in [2.45, 2.75) is 45.6 Å². The Morgan fingerprint density at radius 2 is 2.28 bits per heavy atom. The molecule has 0 amide bonds. The third-order valence-corrected chi connectivity index (χ3v) is 3.75. The highest BCUT2D eigenvalue weighted by Gasteiger charge is 2.31. The normalized spacial score (nSPS) is 22.4. The second-order valence-corrected chi connectivity index (χ2v) is 5.26. The average Bonchev–Trinajstić information content (AvgIpc) is 2.36. The summed E-state index contributed by atoms with van der Waals surface area (Å²) in [7, 11) is 0. The van der Waals surface area contributed by atoms with Gasteiger partial charge in [0.2, 0.25) is 0 Å². The minimum atomic E-state index is -0.132. The van der Waals surface area contributed by atoms with Gasteiger partial charge in [0.05, 0.1) is 11.6 Å². The van der Waals surface area contributed by atoms with Gasteiger partial charge in [-0.25, -0.2) is 0 Å². The first kappa shape index (κ1) is 15.4. The van der Waals surface area contributed by atoms with Crippen LogP contribution in [-0.4, -0.2) is 41.6 Å². The summed E-state index contributed by atoms with van der Waals surface area (Å²) in [6, 6.07) is -0.132. The number of piperidine rings is 1. The van der Waals surface area contributed by atoms with Crippen molar-refractivity contribution in [3.05, 3.63) is 0 Å². The second-order valence-electron chi connectivity index (χ2n) is 4.79. The van der Waals surface area contributed by atoms with Crippen LogP contribution in [0.4, 0.5) is 0 Å². The van der Waals surface area contributed by atoms with E-state index in [0.29, 0.717) is 11.6 Å². The van der Waals surface area contributed by atoms with E-state index in [-0.39, 0.29) is 17.9 Å². The van der Waals surface area contributed by atoms with Crippen LogP contribution < -0.4 is 5.73 Å². The fourth-order valence-corrected chi connectivity index (χ4v) is 2.68. The zero-order chi connectivity index (χ0) is 13.5. The molecule has 2 unspecified atom stereocenters. The highest BCUT2D eigenvalue weighted by atomic mass is 32.1. The summed E-state index contributed by atoms with van der Waals surface area (Å²) in [4.78, 5) is 14.7. The van der Waals surface area contributed by atoms with Gasteiger partial charge in [-0.1, -0.05) is 25.6 Å². The molecule has 18 heavy (non-hydrogen) atoms. The van der Waals surface area contributed by atoms with Gasteiger partial charge in [-0.05, 0) is 32.7 Å². The van der Waals surface area contributed by atoms with Crippen LogP contribution in [0.1, 0.15) is 39.5 Å². The van der Waals surface area contributed by atoms with Crippen LogP contribution in [0.2, 0.25) is 0 Å². The third-order valence-electron chi connectivity index (χ3n) is 3.42. The number of nitrogens with two attached hydrogens (primary N) is 1. The number of carbonyl (C=O) groups is 1. The molecule has 4 nitrogen and oxygen atoms in total. The number of rotatable bonds is 6. The predicted octanol–water partition coefficient (Wildman–Crippen LogP) is 1.72. The van der Waals surface area contributed by atoms with E-state index in [1.807, 2.05) is 6.92 Å². The van der Waals surface area contributed by atoms with Crippen LogP contribution in [0.3, 0.4) is 0 Å². The largest absolute Gasteiger partial charge is 0.465 e. The summed E-state index contributed by atoms with van der Waals surface area (Å²) in [6.45, 7) is 6.09. The van der Waals surface area contributed by atoms with Gasteiger partial charge in [0.15, 0.2) is 0 Å². The molecule has 0 bridgehead atoms. The van der Waals surface area contributed by atoms with E-state index in [0.717, 1.165) is 38.8 Å². The van der Waals surface area contributed by atoms with E-state index in [9.17, 15) is 4.79 Å². The maximum atomic E-state index is 12.0. The summed E-state index contributed by atoms with van der Waals surface area (Å²) in [5, 5.41) is 0. The fraction of sp³-hybridized carbons (Fsp3) is 0.846. The third kappa shape index (κ3) is 4.21. The van der Waals surface area contributed by atoms with Crippen molar-refractivity contribution in [3.63, 3.8) is 0 Å². The molecule has 0 aromatic carbocycles. The second kappa shape index (κ2) is 7.69. The molecule has 0 saturated carbocycles. The van der Waals surface area contributed by atoms with E-state index in [2.05, 4.69) is 11.8 Å². The molecule has 1 fully saturated rings. The Kier molecular flexibility index (Phi) is 6.57. The maximum absolute atomic E-state index is 12.0. The Hall–Kier alpha value is -0.680. The van der Waals surface area contributed by atoms with Crippen LogP contribution in [0.15, 0.2) is 0 Å². The lowest BCUT2D eigenvalue weighted by Crippen LogP contribution is -2.49. The molecule has 0 spiro atoms. The van der Waals surface area contributed by atoms with Crippen molar-refractivity contribution < 1.29 is 9.53 Å². The van der Waals surface area contributed by atoms with E-state index in [1.54, 1.807) is 0 Å². The van der Waals surface area contributed by atoms with Crippen molar-refractivity contribution in [2.75, 3.05) is 19.7 Å². The quantitative estimate of drug-likeness (QED) is 0.589. The standard InChI is InChI=1S/C13H24N2O2S/c1-3-6-11(13(16)17-4-2)15-8-5-7-10(9-15)12(14)18/h10-11H,3-9H2,1-2H3,(H2,14,18). The smallest absolute Gasteiger partial charge is 0.323 e. The molecule has 1 aliphatic heterocycles. The molecule has 1 saturated heterocycles. The maximum Gasteiger partial charge on any atom is 0.323 e. The fourth-order valence-electron chi connectivity index (χ4n) is 2.48. The molecule has 0 radical (unpaired) electrons. The monoisotopic (exact) mass is 272 g/mol. The highest BCUT2D eigenvalue weighted by Crippen LogP contribution is 2.21. The topological polar surface area (TPSA) is 55.6 Å². The number of thiocarbonyl (C=S) groups is 1. The van der Waals surface area contributed by atoms with Crippen LogP contribution in [-0.2, 0) is 9.53 Å². The first-order valence-corrected chi connectivity index (χ1v) is 7.20. The highest BCUT2D eigenvalue weighted by molar-refractivity contribution is 7.80. The summed E-state index contributed by atoms with van der Waals surface area (Å²) in [5.74, 6) is 0.130. The molecule has 0 aliphatic carbocycles. The number of esters is 1. The lowest BCUT2D eigenvalue weighted by molar-refractivity contribution is -0.150. The summed E-state index contributed by atoms with van der Waals surface area (Å²) in [5.41, 5.74) is 5.73. The van der Waals surface area contributed by atoms with Gasteiger partial charge in [0, 0.05) is 12.5 Å². The Morgan fingerprint density at radius 3 is 2.83 bits per heavy atom. The first-order chi connectivity index (χ1) is 8.60. The predicted molar refractivity (Wildman–Crippen MR) is 76.4 cm³/mol. The minimum Gasteiger partial charge on any atom is -0.465 e. The molecular weight excluding hydrogens is 248 g/mol. The number of hydrogen-bond acceptors (Lipinski definition) is 4. The number of nitrogens with zero attached hydrogens (tertiary/aromatic N) is 1. The van der Waals surface area contributed by atoms with Gasteiger partial charge in [-0.2, -0.15) is 0 Å². The summed E-state index contributed by atoms with van der Waals surface area (Å²) in [6.07, 6.45) is 3.88. The molecule has 0 aromatic heterocycles. The number of carbonyl (C=O) groups excluding carboxylic acids is 1. The molecule has 104 valence electrons. The first-order valence-electron chi connectivity index (χ1n) is 6.80. The van der Waals surface area contributed by atoms with Gasteiger partial charge in [0.25, 0.3) is 0 Å². The summed E-state index contributed by atoms with van der Waals surface area (Å²) < 4.78 is 5.16. The Morgan fingerprint density at radius 1 is 1.56 bits per heavy atom. The lowest BCUT2D eigenvalue weighted by Gasteiger charge is -2.36. The van der Waals surface area contributed by atoms with Crippen molar-refractivity contribution in [1.29, 1.82) is 0 Å². The SMILES string of the molecule is CCCC(C(=O)OCC)N1CCCC(C(N)=S)C1. The van der Waals surface area contributed by atoms with Gasteiger partial charge in [-0.3, -0.25) is 9.69 Å². The molecule has 5 heteroatoms. The molecule has 0 aromatic rings. The van der Waals surface area contributed by atoms with Crippen LogP contribution in [0.5, 0.6) is 0 Å². The lowest BCUT2D eigenvalue weighted by atomic mass is 9.95. The van der Waals surface area contributed by atoms with E-state index in [1.165, 1.54) is 0 Å². The van der Waals surface area contributed by atoms with Gasteiger partial charge < -0.3 is 10.5 Å². The van der Waals surface area contributed by atoms with Gasteiger partial charge in [0.1, 0.15) is 6.04 Å². The zero-order valence-corrected chi connectivity index (χ0v) is 12.2. The van der Waals surface area contributed by atoms with Gasteiger partial charge >= 0.3 is 5.97 Å². The van der Waals surface area contributed by atoms with E-state index < -0.39 is 0 Å². The van der Waals surface area contributed by atoms with Gasteiger partial charge in [-0.15, -0.1) is 0 Å². The average molecular weight is 272 g/mol. The van der Waals surface area contributed by atoms with Crippen molar-refractivity contribution >= 4 is 23.2 Å². The molecule has 1 rings (SSSR count). The van der Waals surface area contributed by atoms with E-state index in [4.69, 9.17) is 22.7 Å². The Bertz CT molecular complexity index is 297. The van der Waals surface area contributed by atoms with Crippen molar-refractivity contribution in [1.82, 2.24) is 4.90 Å². The van der Waals surface area contributed by atoms with Crippen LogP contribution in [0.25, 0.3) is 0 Å². The van der Waals surface area contributed by atoms with Crippen molar-refractivity contribution in [3.8, 4) is 0 Å². The van der Waals surface area contributed by atoms with Crippen molar-refractivity contribution in [2.24, 2.45) is 11.7 Å². The molecule has 1 aliphatic rings. The Balaban J connectivity index is 2.66. The number of ether oxygens (including phenoxy) is 1.